The number of carboxylic acid groups (broad SMARTS) is 2. The minimum absolute atomic E-state index is 0.0376. The van der Waals surface area contributed by atoms with Crippen LogP contribution in [-0.2, 0) is 27.0 Å². The van der Waals surface area contributed by atoms with Crippen molar-refractivity contribution in [3.63, 3.8) is 0 Å². The van der Waals surface area contributed by atoms with Crippen LogP contribution in [0.25, 0.3) is 0 Å². The first-order chi connectivity index (χ1) is 18.5. The number of piperidine rings is 1. The number of halogens is 3. The Labute approximate surface area is 231 Å². The van der Waals surface area contributed by atoms with Gasteiger partial charge in [-0.3, -0.25) is 4.90 Å². The van der Waals surface area contributed by atoms with Crippen molar-refractivity contribution in [1.29, 1.82) is 0 Å². The van der Waals surface area contributed by atoms with E-state index in [-0.39, 0.29) is 24.7 Å². The molecule has 1 saturated carbocycles. The fourth-order valence-corrected chi connectivity index (χ4v) is 4.91. The minimum Gasteiger partial charge on any atom is -0.479 e. The van der Waals surface area contributed by atoms with Crippen LogP contribution in [0.4, 0.5) is 18.0 Å². The van der Waals surface area contributed by atoms with Gasteiger partial charge in [-0.15, -0.1) is 0 Å². The maximum Gasteiger partial charge on any atom is 0.416 e. The van der Waals surface area contributed by atoms with Crippen molar-refractivity contribution in [2.24, 2.45) is 0 Å². The van der Waals surface area contributed by atoms with E-state index in [2.05, 4.69) is 4.90 Å². The fraction of sp³-hybridized carbons (Fsp3) is 0.667. The molecular formula is C27H39F3N2O8. The molecule has 4 N–H and O–H groups in total. The predicted molar refractivity (Wildman–Crippen MR) is 137 cm³/mol. The number of aliphatic hydroxyl groups is 2. The van der Waals surface area contributed by atoms with E-state index in [1.807, 2.05) is 20.8 Å². The quantitative estimate of drug-likeness (QED) is 0.381. The SMILES string of the molecule is CC(C)(C)OC(=O)N1CCC[C@H](N(Cc2ccccc2C(F)(F)F)C2CCCC2)C1.O=C(O)[C@H](O)[C@@H](O)C(=O)O. The van der Waals surface area contributed by atoms with Crippen molar-refractivity contribution in [2.45, 2.75) is 102 Å². The van der Waals surface area contributed by atoms with Gasteiger partial charge in [0.25, 0.3) is 0 Å². The molecule has 1 amide bonds. The molecule has 0 bridgehead atoms. The number of carbonyl (C=O) groups is 3. The summed E-state index contributed by atoms with van der Waals surface area (Å²) in [5.41, 5.74) is -0.819. The largest absolute Gasteiger partial charge is 0.479 e. The molecule has 2 aliphatic rings. The van der Waals surface area contributed by atoms with E-state index in [4.69, 9.17) is 25.2 Å². The van der Waals surface area contributed by atoms with Gasteiger partial charge in [-0.2, -0.15) is 13.2 Å². The molecule has 3 atom stereocenters. The first-order valence-electron chi connectivity index (χ1n) is 13.2. The van der Waals surface area contributed by atoms with Crippen molar-refractivity contribution in [3.05, 3.63) is 35.4 Å². The van der Waals surface area contributed by atoms with Gasteiger partial charge >= 0.3 is 24.2 Å². The van der Waals surface area contributed by atoms with Crippen LogP contribution in [0.5, 0.6) is 0 Å². The number of hydrogen-bond donors (Lipinski definition) is 4. The van der Waals surface area contributed by atoms with Gasteiger partial charge in [0, 0.05) is 31.7 Å². The molecule has 13 heteroatoms. The summed E-state index contributed by atoms with van der Waals surface area (Å²) in [6, 6.07) is 6.16. The van der Waals surface area contributed by atoms with Crippen LogP contribution in [0.3, 0.4) is 0 Å². The smallest absolute Gasteiger partial charge is 0.416 e. The highest BCUT2D eigenvalue weighted by Crippen LogP contribution is 2.35. The minimum atomic E-state index is -4.37. The summed E-state index contributed by atoms with van der Waals surface area (Å²) in [4.78, 5) is 36.1. The Morgan fingerprint density at radius 3 is 1.98 bits per heavy atom. The third-order valence-corrected chi connectivity index (χ3v) is 6.79. The second-order valence-corrected chi connectivity index (χ2v) is 11.1. The Kier molecular flexibility index (Phi) is 11.8. The second-order valence-electron chi connectivity index (χ2n) is 11.1. The number of aliphatic carboxylic acids is 2. The summed E-state index contributed by atoms with van der Waals surface area (Å²) in [5.74, 6) is -3.54. The Morgan fingerprint density at radius 1 is 0.950 bits per heavy atom. The number of likely N-dealkylation sites (tertiary alicyclic amines) is 1. The lowest BCUT2D eigenvalue weighted by Crippen LogP contribution is -2.53. The topological polar surface area (TPSA) is 148 Å². The molecule has 226 valence electrons. The highest BCUT2D eigenvalue weighted by Gasteiger charge is 2.37. The number of aliphatic hydroxyl groups excluding tert-OH is 2. The van der Waals surface area contributed by atoms with Gasteiger partial charge in [0.15, 0.2) is 12.2 Å². The zero-order valence-corrected chi connectivity index (χ0v) is 22.9. The molecule has 0 aromatic heterocycles. The molecule has 10 nitrogen and oxygen atoms in total. The van der Waals surface area contributed by atoms with Gasteiger partial charge in [0.2, 0.25) is 0 Å². The van der Waals surface area contributed by atoms with Crippen molar-refractivity contribution in [2.75, 3.05) is 13.1 Å². The van der Waals surface area contributed by atoms with E-state index in [1.54, 1.807) is 17.0 Å². The molecule has 1 aromatic rings. The van der Waals surface area contributed by atoms with Crippen molar-refractivity contribution in [3.8, 4) is 0 Å². The number of nitrogens with zero attached hydrogens (tertiary/aromatic N) is 2. The predicted octanol–water partition coefficient (Wildman–Crippen LogP) is 3.73. The zero-order chi connectivity index (χ0) is 30.3. The number of alkyl halides is 3. The molecule has 0 unspecified atom stereocenters. The van der Waals surface area contributed by atoms with Gasteiger partial charge in [-0.25, -0.2) is 14.4 Å². The highest BCUT2D eigenvalue weighted by molar-refractivity contribution is 5.83. The number of benzene rings is 1. The Hall–Kier alpha value is -2.90. The van der Waals surface area contributed by atoms with Crippen molar-refractivity contribution < 1.29 is 52.7 Å². The van der Waals surface area contributed by atoms with E-state index >= 15 is 0 Å². The molecule has 0 radical (unpaired) electrons. The maximum absolute atomic E-state index is 13.6. The number of carboxylic acids is 2. The maximum atomic E-state index is 13.6. The van der Waals surface area contributed by atoms with Gasteiger partial charge in [-0.1, -0.05) is 31.0 Å². The average molecular weight is 577 g/mol. The van der Waals surface area contributed by atoms with E-state index in [9.17, 15) is 27.6 Å². The van der Waals surface area contributed by atoms with E-state index in [0.717, 1.165) is 44.6 Å². The Bertz CT molecular complexity index is 990. The van der Waals surface area contributed by atoms with Crippen LogP contribution >= 0.6 is 0 Å². The van der Waals surface area contributed by atoms with E-state index < -0.39 is 41.5 Å². The van der Waals surface area contributed by atoms with Gasteiger partial charge in [0.1, 0.15) is 5.60 Å². The molecule has 1 aromatic carbocycles. The Morgan fingerprint density at radius 2 is 1.48 bits per heavy atom. The molecule has 1 aliphatic carbocycles. The standard InChI is InChI=1S/C23H33F3N2O2.C4H6O6/c1-22(2,3)30-21(29)27-14-8-12-19(16-27)28(18-10-5-6-11-18)15-17-9-4-7-13-20(17)23(24,25)26;5-1(3(7)8)2(6)4(9)10/h4,7,9,13,18-19H,5-6,8,10-12,14-16H2,1-3H3;1-2,5-6H,(H,7,8)(H,9,10)/t19-;1-,2-/m01/s1. The van der Waals surface area contributed by atoms with Gasteiger partial charge in [0.05, 0.1) is 5.56 Å². The van der Waals surface area contributed by atoms with Crippen LogP contribution < -0.4 is 0 Å². The lowest BCUT2D eigenvalue weighted by molar-refractivity contribution is -0.165. The molecule has 3 rings (SSSR count). The molecule has 2 fully saturated rings. The molecule has 1 heterocycles. The first kappa shape index (κ1) is 33.3. The fourth-order valence-electron chi connectivity index (χ4n) is 4.91. The Balaban J connectivity index is 0.000000478. The van der Waals surface area contributed by atoms with Gasteiger partial charge in [-0.05, 0) is 58.1 Å². The number of carbonyl (C=O) groups excluding carboxylic acids is 1. The summed E-state index contributed by atoms with van der Waals surface area (Å²) in [6.45, 7) is 6.90. The molecule has 1 aliphatic heterocycles. The van der Waals surface area contributed by atoms with E-state index in [0.29, 0.717) is 18.7 Å². The number of rotatable bonds is 7. The third kappa shape index (κ3) is 9.93. The molecule has 40 heavy (non-hydrogen) atoms. The summed E-state index contributed by atoms with van der Waals surface area (Å²) >= 11 is 0. The number of amides is 1. The van der Waals surface area contributed by atoms with Crippen LogP contribution in [0, 0.1) is 0 Å². The lowest BCUT2D eigenvalue weighted by atomic mass is 9.98. The second kappa shape index (κ2) is 14.1. The third-order valence-electron chi connectivity index (χ3n) is 6.79. The summed E-state index contributed by atoms with van der Waals surface area (Å²) in [6.07, 6.45) is -3.33. The van der Waals surface area contributed by atoms with Crippen molar-refractivity contribution >= 4 is 18.0 Å². The van der Waals surface area contributed by atoms with E-state index in [1.165, 1.54) is 6.07 Å². The summed E-state index contributed by atoms with van der Waals surface area (Å²) < 4.78 is 46.2. The molecule has 0 spiro atoms. The normalized spacial score (nSPS) is 19.9. The zero-order valence-electron chi connectivity index (χ0n) is 22.9. The number of ether oxygens (including phenoxy) is 1. The summed E-state index contributed by atoms with van der Waals surface area (Å²) in [7, 11) is 0. The monoisotopic (exact) mass is 576 g/mol. The number of hydrogen-bond acceptors (Lipinski definition) is 7. The lowest BCUT2D eigenvalue weighted by Gasteiger charge is -2.42. The average Bonchev–Trinajstić information content (AvgIpc) is 3.40. The highest BCUT2D eigenvalue weighted by atomic mass is 19.4. The molecule has 1 saturated heterocycles. The van der Waals surface area contributed by atoms with Crippen LogP contribution in [0.2, 0.25) is 0 Å². The van der Waals surface area contributed by atoms with Crippen LogP contribution in [0.1, 0.15) is 70.4 Å². The van der Waals surface area contributed by atoms with Crippen molar-refractivity contribution in [1.82, 2.24) is 9.80 Å². The van der Waals surface area contributed by atoms with Crippen LogP contribution in [0.15, 0.2) is 24.3 Å². The molecular weight excluding hydrogens is 537 g/mol. The summed E-state index contributed by atoms with van der Waals surface area (Å²) in [5, 5.41) is 32.5. The van der Waals surface area contributed by atoms with Crippen LogP contribution in [-0.4, -0.2) is 91.2 Å². The van der Waals surface area contributed by atoms with Gasteiger partial charge < -0.3 is 30.1 Å². The first-order valence-corrected chi connectivity index (χ1v) is 13.2.